The Morgan fingerprint density at radius 3 is 2.48 bits per heavy atom. The molecule has 0 spiro atoms. The molecule has 128 valence electrons. The lowest BCUT2D eigenvalue weighted by molar-refractivity contribution is 0.0599. The fourth-order valence-electron chi connectivity index (χ4n) is 2.48. The van der Waals surface area contributed by atoms with Crippen molar-refractivity contribution in [3.63, 3.8) is 0 Å². The predicted molar refractivity (Wildman–Crippen MR) is 93.2 cm³/mol. The van der Waals surface area contributed by atoms with E-state index in [0.29, 0.717) is 29.0 Å². The lowest BCUT2D eigenvalue weighted by Gasteiger charge is -2.12. The van der Waals surface area contributed by atoms with E-state index in [9.17, 15) is 9.59 Å². The van der Waals surface area contributed by atoms with Gasteiger partial charge in [0.25, 0.3) is 5.56 Å². The summed E-state index contributed by atoms with van der Waals surface area (Å²) in [5, 5.41) is 0.642. The van der Waals surface area contributed by atoms with Gasteiger partial charge in [0.15, 0.2) is 11.5 Å². The van der Waals surface area contributed by atoms with Crippen molar-refractivity contribution < 1.29 is 19.0 Å². The zero-order valence-corrected chi connectivity index (χ0v) is 13.9. The van der Waals surface area contributed by atoms with Crippen LogP contribution in [0, 0.1) is 0 Å². The second kappa shape index (κ2) is 7.09. The fraction of sp³-hybridized carbons (Fsp3) is 0.158. The van der Waals surface area contributed by atoms with Crippen LogP contribution in [-0.4, -0.2) is 25.2 Å². The third kappa shape index (κ3) is 3.47. The first-order valence-electron chi connectivity index (χ1n) is 7.62. The van der Waals surface area contributed by atoms with Gasteiger partial charge >= 0.3 is 5.97 Å². The van der Waals surface area contributed by atoms with Crippen LogP contribution in [-0.2, 0) is 11.3 Å². The summed E-state index contributed by atoms with van der Waals surface area (Å²) in [5.41, 5.74) is 0.983. The Bertz CT molecular complexity index is 963. The van der Waals surface area contributed by atoms with Crippen LogP contribution in [0.1, 0.15) is 15.9 Å². The van der Waals surface area contributed by atoms with Gasteiger partial charge in [-0.05, 0) is 17.7 Å². The molecule has 6 heteroatoms. The number of methoxy groups -OCH3 is 2. The summed E-state index contributed by atoms with van der Waals surface area (Å²) in [6.45, 7) is 0.371. The average molecular weight is 339 g/mol. The van der Waals surface area contributed by atoms with Gasteiger partial charge in [-0.2, -0.15) is 0 Å². The zero-order valence-electron chi connectivity index (χ0n) is 13.9. The van der Waals surface area contributed by atoms with E-state index in [0.717, 1.165) is 5.56 Å². The van der Waals surface area contributed by atoms with Crippen molar-refractivity contribution in [2.24, 2.45) is 0 Å². The van der Waals surface area contributed by atoms with Crippen LogP contribution in [0.2, 0.25) is 0 Å². The molecule has 25 heavy (non-hydrogen) atoms. The maximum atomic E-state index is 12.0. The maximum absolute atomic E-state index is 12.0. The number of hydrogen-bond donors (Lipinski definition) is 1. The standard InChI is InChI=1S/C19H17NO5/c1-23-16-10-15-13(8-14(18(21)20-15)19(22)24-2)9-17(16)25-11-12-6-4-3-5-7-12/h3-10H,11H2,1-2H3,(H,20,21). The van der Waals surface area contributed by atoms with Gasteiger partial charge in [-0.25, -0.2) is 4.79 Å². The van der Waals surface area contributed by atoms with Crippen molar-refractivity contribution in [1.29, 1.82) is 0 Å². The Morgan fingerprint density at radius 1 is 1.04 bits per heavy atom. The van der Waals surface area contributed by atoms with Crippen molar-refractivity contribution in [1.82, 2.24) is 4.98 Å². The Kier molecular flexibility index (Phi) is 4.70. The molecule has 0 aliphatic carbocycles. The minimum absolute atomic E-state index is 0.0609. The maximum Gasteiger partial charge on any atom is 0.343 e. The highest BCUT2D eigenvalue weighted by molar-refractivity contribution is 5.94. The van der Waals surface area contributed by atoms with E-state index in [1.54, 1.807) is 12.1 Å². The highest BCUT2D eigenvalue weighted by Gasteiger charge is 2.14. The number of fused-ring (bicyclic) bond motifs is 1. The number of aromatic amines is 1. The van der Waals surface area contributed by atoms with E-state index in [1.807, 2.05) is 30.3 Å². The molecule has 3 aromatic rings. The van der Waals surface area contributed by atoms with Gasteiger partial charge in [0, 0.05) is 11.5 Å². The Hall–Kier alpha value is -3.28. The third-order valence-corrected chi connectivity index (χ3v) is 3.77. The number of aromatic nitrogens is 1. The number of ether oxygens (including phenoxy) is 3. The van der Waals surface area contributed by atoms with E-state index in [1.165, 1.54) is 20.3 Å². The number of benzene rings is 2. The quantitative estimate of drug-likeness (QED) is 0.723. The number of hydrogen-bond acceptors (Lipinski definition) is 5. The molecule has 0 fully saturated rings. The Labute approximate surface area is 144 Å². The molecule has 1 aromatic heterocycles. The molecular weight excluding hydrogens is 322 g/mol. The summed E-state index contributed by atoms with van der Waals surface area (Å²) < 4.78 is 15.8. The normalized spacial score (nSPS) is 10.5. The molecule has 0 saturated carbocycles. The van der Waals surface area contributed by atoms with Crippen molar-refractivity contribution >= 4 is 16.9 Å². The molecule has 1 N–H and O–H groups in total. The van der Waals surface area contributed by atoms with Crippen LogP contribution in [0.25, 0.3) is 10.9 Å². The minimum Gasteiger partial charge on any atom is -0.493 e. The van der Waals surface area contributed by atoms with Gasteiger partial charge in [0.2, 0.25) is 0 Å². The fourth-order valence-corrected chi connectivity index (χ4v) is 2.48. The smallest absolute Gasteiger partial charge is 0.343 e. The monoisotopic (exact) mass is 339 g/mol. The highest BCUT2D eigenvalue weighted by atomic mass is 16.5. The van der Waals surface area contributed by atoms with Crippen LogP contribution < -0.4 is 15.0 Å². The average Bonchev–Trinajstić information content (AvgIpc) is 2.65. The number of esters is 1. The number of carbonyl (C=O) groups excluding carboxylic acids is 1. The first-order chi connectivity index (χ1) is 12.1. The first-order valence-corrected chi connectivity index (χ1v) is 7.62. The molecule has 0 atom stereocenters. The molecule has 3 rings (SSSR count). The zero-order chi connectivity index (χ0) is 17.8. The van der Waals surface area contributed by atoms with Crippen LogP contribution >= 0.6 is 0 Å². The van der Waals surface area contributed by atoms with Crippen molar-refractivity contribution in [2.45, 2.75) is 6.61 Å². The molecule has 0 bridgehead atoms. The van der Waals surface area contributed by atoms with Gasteiger partial charge < -0.3 is 19.2 Å². The predicted octanol–water partition coefficient (Wildman–Crippen LogP) is 2.90. The van der Waals surface area contributed by atoms with Crippen molar-refractivity contribution in [3.05, 3.63) is 70.0 Å². The molecule has 6 nitrogen and oxygen atoms in total. The van der Waals surface area contributed by atoms with Gasteiger partial charge in [0.05, 0.1) is 19.7 Å². The number of nitrogens with one attached hydrogen (secondary N) is 1. The number of carbonyl (C=O) groups is 1. The summed E-state index contributed by atoms with van der Waals surface area (Å²) in [6.07, 6.45) is 0. The summed E-state index contributed by atoms with van der Waals surface area (Å²) in [7, 11) is 2.76. The molecule has 0 unspecified atom stereocenters. The lowest BCUT2D eigenvalue weighted by atomic mass is 10.1. The van der Waals surface area contributed by atoms with Crippen molar-refractivity contribution in [3.8, 4) is 11.5 Å². The van der Waals surface area contributed by atoms with Gasteiger partial charge in [-0.15, -0.1) is 0 Å². The van der Waals surface area contributed by atoms with E-state index in [-0.39, 0.29) is 5.56 Å². The van der Waals surface area contributed by atoms with Crippen LogP contribution in [0.15, 0.2) is 53.3 Å². The summed E-state index contributed by atoms with van der Waals surface area (Å²) in [6, 6.07) is 14.6. The SMILES string of the molecule is COC(=O)c1cc2cc(OCc3ccccc3)c(OC)cc2[nH]c1=O. The molecule has 0 radical (unpaired) electrons. The summed E-state index contributed by atoms with van der Waals surface area (Å²) in [5.74, 6) is 0.317. The van der Waals surface area contributed by atoms with Crippen LogP contribution in [0.4, 0.5) is 0 Å². The molecule has 0 saturated heterocycles. The Morgan fingerprint density at radius 2 is 1.80 bits per heavy atom. The number of rotatable bonds is 5. The molecule has 0 aliphatic rings. The second-order valence-electron chi connectivity index (χ2n) is 5.37. The molecule has 2 aromatic carbocycles. The van der Waals surface area contributed by atoms with E-state index in [4.69, 9.17) is 9.47 Å². The van der Waals surface area contributed by atoms with E-state index >= 15 is 0 Å². The van der Waals surface area contributed by atoms with Gasteiger partial charge in [-0.3, -0.25) is 4.79 Å². The summed E-state index contributed by atoms with van der Waals surface area (Å²) in [4.78, 5) is 26.4. The topological polar surface area (TPSA) is 77.6 Å². The van der Waals surface area contributed by atoms with Crippen molar-refractivity contribution in [2.75, 3.05) is 14.2 Å². The van der Waals surface area contributed by atoms with E-state index < -0.39 is 11.5 Å². The van der Waals surface area contributed by atoms with Gasteiger partial charge in [0.1, 0.15) is 12.2 Å². The molecular formula is C19H17NO5. The van der Waals surface area contributed by atoms with E-state index in [2.05, 4.69) is 9.72 Å². The van der Waals surface area contributed by atoms with Gasteiger partial charge in [-0.1, -0.05) is 30.3 Å². The highest BCUT2D eigenvalue weighted by Crippen LogP contribution is 2.32. The first kappa shape index (κ1) is 16.6. The lowest BCUT2D eigenvalue weighted by Crippen LogP contribution is -2.18. The number of H-pyrrole nitrogens is 1. The molecule has 0 amide bonds. The van der Waals surface area contributed by atoms with Crippen LogP contribution in [0.5, 0.6) is 11.5 Å². The Balaban J connectivity index is 2.00. The summed E-state index contributed by atoms with van der Waals surface area (Å²) >= 11 is 0. The molecule has 0 aliphatic heterocycles. The largest absolute Gasteiger partial charge is 0.493 e. The van der Waals surface area contributed by atoms with Crippen LogP contribution in [0.3, 0.4) is 0 Å². The number of pyridine rings is 1. The molecule has 1 heterocycles. The third-order valence-electron chi connectivity index (χ3n) is 3.77. The minimum atomic E-state index is -0.689. The second-order valence-corrected chi connectivity index (χ2v) is 5.37.